The zero-order chi connectivity index (χ0) is 11.1. The number of carboxylic acid groups (broad SMARTS) is 1. The molecule has 1 N–H and O–H groups in total. The Kier molecular flexibility index (Phi) is 2.09. The molecule has 2 heterocycles. The van der Waals surface area contributed by atoms with Crippen molar-refractivity contribution in [1.82, 2.24) is 4.98 Å². The molecule has 0 spiro atoms. The first-order valence-corrected chi connectivity index (χ1v) is 5.70. The number of rotatable bonds is 2. The van der Waals surface area contributed by atoms with E-state index in [1.807, 2.05) is 6.07 Å². The monoisotopic (exact) mass is 218 g/mol. The van der Waals surface area contributed by atoms with Gasteiger partial charge in [0, 0.05) is 18.8 Å². The van der Waals surface area contributed by atoms with Crippen LogP contribution in [0.25, 0.3) is 0 Å². The zero-order valence-electron chi connectivity index (χ0n) is 8.97. The van der Waals surface area contributed by atoms with Crippen LogP contribution in [0, 0.1) is 5.92 Å². The van der Waals surface area contributed by atoms with Gasteiger partial charge in [0.05, 0.1) is 5.56 Å². The average molecular weight is 218 g/mol. The van der Waals surface area contributed by atoms with Gasteiger partial charge in [-0.1, -0.05) is 0 Å². The first-order valence-electron chi connectivity index (χ1n) is 5.70. The van der Waals surface area contributed by atoms with E-state index in [4.69, 9.17) is 5.11 Å². The molecule has 16 heavy (non-hydrogen) atoms. The fourth-order valence-corrected chi connectivity index (χ4v) is 2.89. The molecule has 3 rings (SSSR count). The number of hydrogen-bond acceptors (Lipinski definition) is 3. The van der Waals surface area contributed by atoms with Crippen molar-refractivity contribution in [1.29, 1.82) is 0 Å². The van der Waals surface area contributed by atoms with Gasteiger partial charge >= 0.3 is 5.97 Å². The molecule has 1 saturated carbocycles. The van der Waals surface area contributed by atoms with E-state index < -0.39 is 5.97 Å². The maximum absolute atomic E-state index is 10.7. The second kappa shape index (κ2) is 3.47. The van der Waals surface area contributed by atoms with Crippen molar-refractivity contribution in [2.24, 2.45) is 5.92 Å². The van der Waals surface area contributed by atoms with Crippen molar-refractivity contribution < 1.29 is 9.90 Å². The average Bonchev–Trinajstić information content (AvgIpc) is 2.91. The molecule has 1 aromatic rings. The molecule has 2 unspecified atom stereocenters. The first-order chi connectivity index (χ1) is 7.74. The standard InChI is InChI=1S/C12H14N2O2/c15-12(16)9-2-4-11(13-6-9)14-7-8-1-3-10(14)5-8/h2,4,6,8,10H,1,3,5,7H2,(H,15,16). The molecule has 1 saturated heterocycles. The first kappa shape index (κ1) is 9.63. The number of fused-ring (bicyclic) bond motifs is 2. The van der Waals surface area contributed by atoms with E-state index in [1.165, 1.54) is 25.5 Å². The quantitative estimate of drug-likeness (QED) is 0.822. The maximum Gasteiger partial charge on any atom is 0.337 e. The van der Waals surface area contributed by atoms with E-state index in [-0.39, 0.29) is 5.56 Å². The normalized spacial score (nSPS) is 27.4. The molecule has 2 atom stereocenters. The number of piperidine rings is 1. The molecule has 1 aromatic heterocycles. The van der Waals surface area contributed by atoms with Gasteiger partial charge in [-0.3, -0.25) is 0 Å². The van der Waals surface area contributed by atoms with Gasteiger partial charge in [0.15, 0.2) is 0 Å². The molecule has 1 aliphatic heterocycles. The number of carboxylic acids is 1. The molecule has 2 fully saturated rings. The van der Waals surface area contributed by atoms with Gasteiger partial charge in [-0.25, -0.2) is 9.78 Å². The molecule has 0 aromatic carbocycles. The Balaban J connectivity index is 1.82. The summed E-state index contributed by atoms with van der Waals surface area (Å²) in [4.78, 5) is 17.3. The molecule has 0 amide bonds. The van der Waals surface area contributed by atoms with Gasteiger partial charge in [0.1, 0.15) is 5.82 Å². The predicted octanol–water partition coefficient (Wildman–Crippen LogP) is 1.77. The topological polar surface area (TPSA) is 53.4 Å². The lowest BCUT2D eigenvalue weighted by Crippen LogP contribution is -2.32. The minimum Gasteiger partial charge on any atom is -0.478 e. The van der Waals surface area contributed by atoms with Crippen LogP contribution in [0.3, 0.4) is 0 Å². The summed E-state index contributed by atoms with van der Waals surface area (Å²) in [6.07, 6.45) is 5.33. The van der Waals surface area contributed by atoms with Crippen LogP contribution in [0.5, 0.6) is 0 Å². The van der Waals surface area contributed by atoms with Crippen LogP contribution in [-0.4, -0.2) is 28.6 Å². The van der Waals surface area contributed by atoms with Gasteiger partial charge in [-0.15, -0.1) is 0 Å². The molecule has 4 heteroatoms. The lowest BCUT2D eigenvalue weighted by molar-refractivity contribution is 0.0696. The van der Waals surface area contributed by atoms with Gasteiger partial charge in [-0.2, -0.15) is 0 Å². The minimum atomic E-state index is -0.915. The third-order valence-electron chi connectivity index (χ3n) is 3.70. The highest BCUT2D eigenvalue weighted by atomic mass is 16.4. The highest BCUT2D eigenvalue weighted by Crippen LogP contribution is 2.39. The van der Waals surface area contributed by atoms with Gasteiger partial charge < -0.3 is 10.0 Å². The second-order valence-corrected chi connectivity index (χ2v) is 4.70. The summed E-state index contributed by atoms with van der Waals surface area (Å²) in [5.74, 6) is 0.838. The molecule has 2 aliphatic rings. The third kappa shape index (κ3) is 1.45. The number of nitrogens with zero attached hydrogens (tertiary/aromatic N) is 2. The molecule has 4 nitrogen and oxygen atoms in total. The summed E-state index contributed by atoms with van der Waals surface area (Å²) in [5, 5.41) is 8.79. The molecular weight excluding hydrogens is 204 g/mol. The lowest BCUT2D eigenvalue weighted by Gasteiger charge is -2.27. The zero-order valence-corrected chi connectivity index (χ0v) is 8.97. The number of carbonyl (C=O) groups is 1. The third-order valence-corrected chi connectivity index (χ3v) is 3.70. The summed E-state index contributed by atoms with van der Waals surface area (Å²) in [7, 11) is 0. The Bertz CT molecular complexity index is 416. The van der Waals surface area contributed by atoms with E-state index >= 15 is 0 Å². The number of pyridine rings is 1. The summed E-state index contributed by atoms with van der Waals surface area (Å²) in [5.41, 5.74) is 0.258. The van der Waals surface area contributed by atoms with E-state index in [0.29, 0.717) is 6.04 Å². The van der Waals surface area contributed by atoms with Crippen LogP contribution in [-0.2, 0) is 0 Å². The molecule has 2 bridgehead atoms. The van der Waals surface area contributed by atoms with Crippen LogP contribution < -0.4 is 4.90 Å². The fraction of sp³-hybridized carbons (Fsp3) is 0.500. The summed E-state index contributed by atoms with van der Waals surface area (Å²) in [6.45, 7) is 1.09. The van der Waals surface area contributed by atoms with E-state index in [9.17, 15) is 4.79 Å². The number of aromatic carboxylic acids is 1. The van der Waals surface area contributed by atoms with Gasteiger partial charge in [0.2, 0.25) is 0 Å². The Morgan fingerprint density at radius 3 is 2.81 bits per heavy atom. The highest BCUT2D eigenvalue weighted by Gasteiger charge is 2.38. The minimum absolute atomic E-state index is 0.258. The van der Waals surface area contributed by atoms with Crippen LogP contribution in [0.4, 0.5) is 5.82 Å². The summed E-state index contributed by atoms with van der Waals surface area (Å²) in [6, 6.07) is 4.09. The van der Waals surface area contributed by atoms with Crippen molar-refractivity contribution in [3.05, 3.63) is 23.9 Å². The summed E-state index contributed by atoms with van der Waals surface area (Å²) >= 11 is 0. The van der Waals surface area contributed by atoms with Crippen molar-refractivity contribution in [2.45, 2.75) is 25.3 Å². The fourth-order valence-electron chi connectivity index (χ4n) is 2.89. The highest BCUT2D eigenvalue weighted by molar-refractivity contribution is 5.87. The smallest absolute Gasteiger partial charge is 0.337 e. The van der Waals surface area contributed by atoms with E-state index in [1.54, 1.807) is 6.07 Å². The van der Waals surface area contributed by atoms with Crippen LogP contribution in [0.15, 0.2) is 18.3 Å². The van der Waals surface area contributed by atoms with Crippen LogP contribution >= 0.6 is 0 Å². The van der Waals surface area contributed by atoms with Gasteiger partial charge in [-0.05, 0) is 37.3 Å². The lowest BCUT2D eigenvalue weighted by atomic mass is 10.1. The van der Waals surface area contributed by atoms with Crippen molar-refractivity contribution >= 4 is 11.8 Å². The largest absolute Gasteiger partial charge is 0.478 e. The van der Waals surface area contributed by atoms with Crippen LogP contribution in [0.2, 0.25) is 0 Å². The van der Waals surface area contributed by atoms with E-state index in [2.05, 4.69) is 9.88 Å². The Morgan fingerprint density at radius 2 is 2.31 bits per heavy atom. The molecular formula is C12H14N2O2. The van der Waals surface area contributed by atoms with Crippen molar-refractivity contribution in [3.8, 4) is 0 Å². The van der Waals surface area contributed by atoms with Gasteiger partial charge in [0.25, 0.3) is 0 Å². The second-order valence-electron chi connectivity index (χ2n) is 4.70. The Morgan fingerprint density at radius 1 is 1.44 bits per heavy atom. The van der Waals surface area contributed by atoms with Crippen LogP contribution in [0.1, 0.15) is 29.6 Å². The maximum atomic E-state index is 10.7. The predicted molar refractivity (Wildman–Crippen MR) is 59.7 cm³/mol. The van der Waals surface area contributed by atoms with Crippen molar-refractivity contribution in [2.75, 3.05) is 11.4 Å². The summed E-state index contributed by atoms with van der Waals surface area (Å²) < 4.78 is 0. The molecule has 1 aliphatic carbocycles. The Hall–Kier alpha value is -1.58. The number of anilines is 1. The number of aromatic nitrogens is 1. The van der Waals surface area contributed by atoms with Crippen molar-refractivity contribution in [3.63, 3.8) is 0 Å². The Labute approximate surface area is 93.9 Å². The number of hydrogen-bond donors (Lipinski definition) is 1. The van der Waals surface area contributed by atoms with E-state index in [0.717, 1.165) is 18.3 Å². The SMILES string of the molecule is O=C(O)c1ccc(N2CC3CCC2C3)nc1. The molecule has 84 valence electrons. The molecule has 0 radical (unpaired) electrons.